The lowest BCUT2D eigenvalue weighted by Gasteiger charge is -2.10. The van der Waals surface area contributed by atoms with Gasteiger partial charge in [0, 0.05) is 11.8 Å². The molecule has 0 bridgehead atoms. The van der Waals surface area contributed by atoms with Gasteiger partial charge in [-0.2, -0.15) is 13.2 Å². The van der Waals surface area contributed by atoms with Crippen LogP contribution < -0.4 is 5.73 Å². The maximum absolute atomic E-state index is 12.8. The Morgan fingerprint density at radius 3 is 2.37 bits per heavy atom. The molecule has 0 atom stereocenters. The van der Waals surface area contributed by atoms with E-state index in [9.17, 15) is 18.0 Å². The number of aromatic nitrogens is 2. The third-order valence-electron chi connectivity index (χ3n) is 2.36. The second kappa shape index (κ2) is 4.68. The highest BCUT2D eigenvalue weighted by atomic mass is 19.4. The zero-order valence-electron chi connectivity index (χ0n) is 9.48. The van der Waals surface area contributed by atoms with Crippen LogP contribution in [0.3, 0.4) is 0 Å². The van der Waals surface area contributed by atoms with Gasteiger partial charge in [-0.1, -0.05) is 30.3 Å². The number of ketones is 1. The van der Waals surface area contributed by atoms with E-state index >= 15 is 0 Å². The normalized spacial score (nSPS) is 11.3. The molecule has 2 rings (SSSR count). The van der Waals surface area contributed by atoms with Gasteiger partial charge in [0.05, 0.1) is 0 Å². The molecule has 1 aromatic heterocycles. The Kier molecular flexibility index (Phi) is 3.20. The van der Waals surface area contributed by atoms with Crippen LogP contribution in [0.5, 0.6) is 0 Å². The van der Waals surface area contributed by atoms with Gasteiger partial charge in [-0.25, -0.2) is 9.97 Å². The lowest BCUT2D eigenvalue weighted by molar-refractivity contribution is -0.138. The topological polar surface area (TPSA) is 68.9 Å². The molecule has 7 heteroatoms. The largest absolute Gasteiger partial charge is 0.420 e. The highest BCUT2D eigenvalue weighted by Crippen LogP contribution is 2.31. The zero-order chi connectivity index (χ0) is 14.0. The molecule has 0 saturated heterocycles. The van der Waals surface area contributed by atoms with Gasteiger partial charge in [0.1, 0.15) is 11.3 Å². The predicted octanol–water partition coefficient (Wildman–Crippen LogP) is 2.31. The highest BCUT2D eigenvalue weighted by molar-refractivity contribution is 6.08. The van der Waals surface area contributed by atoms with E-state index in [1.165, 1.54) is 12.1 Å². The number of rotatable bonds is 2. The molecule has 0 amide bonds. The molecule has 98 valence electrons. The van der Waals surface area contributed by atoms with Gasteiger partial charge in [-0.05, 0) is 0 Å². The summed E-state index contributed by atoms with van der Waals surface area (Å²) in [7, 11) is 0. The number of carbonyl (C=O) groups is 1. The minimum atomic E-state index is -4.71. The van der Waals surface area contributed by atoms with Crippen LogP contribution in [0.4, 0.5) is 19.1 Å². The van der Waals surface area contributed by atoms with Crippen molar-refractivity contribution in [3.05, 3.63) is 53.3 Å². The minimum Gasteiger partial charge on any atom is -0.368 e. The summed E-state index contributed by atoms with van der Waals surface area (Å²) in [5.74, 6) is -1.23. The number of benzene rings is 1. The third-order valence-corrected chi connectivity index (χ3v) is 2.36. The summed E-state index contributed by atoms with van der Waals surface area (Å²) in [5, 5.41) is 0. The second-order valence-corrected chi connectivity index (χ2v) is 3.68. The molecular formula is C12H8F3N3O. The van der Waals surface area contributed by atoms with Crippen LogP contribution >= 0.6 is 0 Å². The zero-order valence-corrected chi connectivity index (χ0v) is 9.48. The number of nitrogen functional groups attached to an aromatic ring is 1. The molecule has 0 spiro atoms. The van der Waals surface area contributed by atoms with E-state index in [1.54, 1.807) is 18.2 Å². The van der Waals surface area contributed by atoms with Crippen molar-refractivity contribution in [2.24, 2.45) is 0 Å². The van der Waals surface area contributed by atoms with Crippen LogP contribution in [-0.2, 0) is 6.18 Å². The molecule has 2 N–H and O–H groups in total. The Hall–Kier alpha value is -2.44. The van der Waals surface area contributed by atoms with Crippen molar-refractivity contribution < 1.29 is 18.0 Å². The number of alkyl halides is 3. The number of carbonyl (C=O) groups excluding carboxylic acids is 1. The van der Waals surface area contributed by atoms with E-state index in [1.807, 2.05) is 0 Å². The number of hydrogen-bond donors (Lipinski definition) is 1. The molecule has 0 unspecified atom stereocenters. The summed E-state index contributed by atoms with van der Waals surface area (Å²) in [6.45, 7) is 0. The number of halogens is 3. The van der Waals surface area contributed by atoms with Crippen molar-refractivity contribution in [2.45, 2.75) is 6.18 Å². The lowest BCUT2D eigenvalue weighted by atomic mass is 10.0. The Bertz CT molecular complexity index is 611. The number of anilines is 1. The summed E-state index contributed by atoms with van der Waals surface area (Å²) in [4.78, 5) is 18.7. The first kappa shape index (κ1) is 13.0. The number of nitrogens with two attached hydrogens (primary N) is 1. The molecule has 0 saturated carbocycles. The fraction of sp³-hybridized carbons (Fsp3) is 0.0833. The maximum Gasteiger partial charge on any atom is 0.420 e. The smallest absolute Gasteiger partial charge is 0.368 e. The van der Waals surface area contributed by atoms with Crippen LogP contribution in [-0.4, -0.2) is 15.8 Å². The summed E-state index contributed by atoms with van der Waals surface area (Å²) < 4.78 is 38.3. The fourth-order valence-corrected chi connectivity index (χ4v) is 1.50. The van der Waals surface area contributed by atoms with Crippen LogP contribution in [0, 0.1) is 0 Å². The Morgan fingerprint density at radius 1 is 1.16 bits per heavy atom. The molecular weight excluding hydrogens is 259 g/mol. The molecule has 0 aliphatic heterocycles. The van der Waals surface area contributed by atoms with Crippen molar-refractivity contribution >= 4 is 11.7 Å². The van der Waals surface area contributed by atoms with Crippen molar-refractivity contribution in [1.82, 2.24) is 9.97 Å². The molecule has 2 aromatic rings. The first-order valence-electron chi connectivity index (χ1n) is 5.19. The van der Waals surface area contributed by atoms with Gasteiger partial charge in [0.2, 0.25) is 11.7 Å². The van der Waals surface area contributed by atoms with Gasteiger partial charge < -0.3 is 5.73 Å². The minimum absolute atomic E-state index is 0.103. The van der Waals surface area contributed by atoms with Gasteiger partial charge in [0.25, 0.3) is 0 Å². The van der Waals surface area contributed by atoms with Crippen molar-refractivity contribution in [3.63, 3.8) is 0 Å². The van der Waals surface area contributed by atoms with Crippen LogP contribution in [0.2, 0.25) is 0 Å². The maximum atomic E-state index is 12.8. The molecule has 0 fully saturated rings. The Labute approximate surface area is 106 Å². The Balaban J connectivity index is 2.56. The second-order valence-electron chi connectivity index (χ2n) is 3.68. The summed E-state index contributed by atoms with van der Waals surface area (Å²) in [5.41, 5.74) is 3.40. The van der Waals surface area contributed by atoms with E-state index in [0.29, 0.717) is 6.20 Å². The highest BCUT2D eigenvalue weighted by Gasteiger charge is 2.37. The average molecular weight is 267 g/mol. The van der Waals surface area contributed by atoms with Crippen molar-refractivity contribution in [3.8, 4) is 0 Å². The summed E-state index contributed by atoms with van der Waals surface area (Å²) in [6.07, 6.45) is -4.20. The van der Waals surface area contributed by atoms with Crippen LogP contribution in [0.1, 0.15) is 21.6 Å². The quantitative estimate of drug-likeness (QED) is 0.848. The van der Waals surface area contributed by atoms with E-state index < -0.39 is 23.2 Å². The molecule has 0 aliphatic carbocycles. The van der Waals surface area contributed by atoms with Gasteiger partial charge in [-0.15, -0.1) is 0 Å². The van der Waals surface area contributed by atoms with Gasteiger partial charge in [0.15, 0.2) is 0 Å². The molecule has 0 aliphatic rings. The van der Waals surface area contributed by atoms with Gasteiger partial charge >= 0.3 is 6.18 Å². The van der Waals surface area contributed by atoms with E-state index in [-0.39, 0.29) is 11.5 Å². The Morgan fingerprint density at radius 2 is 1.79 bits per heavy atom. The van der Waals surface area contributed by atoms with E-state index in [4.69, 9.17) is 5.73 Å². The van der Waals surface area contributed by atoms with Gasteiger partial charge in [-0.3, -0.25) is 4.79 Å². The average Bonchev–Trinajstić information content (AvgIpc) is 2.37. The SMILES string of the molecule is Nc1ncc(C(F)(F)F)c(C(=O)c2ccccc2)n1. The molecule has 0 radical (unpaired) electrons. The van der Waals surface area contributed by atoms with Crippen LogP contribution in [0.15, 0.2) is 36.5 Å². The third kappa shape index (κ3) is 2.70. The predicted molar refractivity (Wildman–Crippen MR) is 61.3 cm³/mol. The van der Waals surface area contributed by atoms with Crippen molar-refractivity contribution in [1.29, 1.82) is 0 Å². The lowest BCUT2D eigenvalue weighted by Crippen LogP contribution is -2.17. The fourth-order valence-electron chi connectivity index (χ4n) is 1.50. The standard InChI is InChI=1S/C12H8F3N3O/c13-12(14,15)8-6-17-11(16)18-9(8)10(19)7-4-2-1-3-5-7/h1-6H,(H2,16,17,18). The number of nitrogens with zero attached hydrogens (tertiary/aromatic N) is 2. The number of hydrogen-bond acceptors (Lipinski definition) is 4. The van der Waals surface area contributed by atoms with Crippen molar-refractivity contribution in [2.75, 3.05) is 5.73 Å². The van der Waals surface area contributed by atoms with E-state index in [2.05, 4.69) is 9.97 Å². The molecule has 4 nitrogen and oxygen atoms in total. The molecule has 19 heavy (non-hydrogen) atoms. The van der Waals surface area contributed by atoms with Crippen LogP contribution in [0.25, 0.3) is 0 Å². The first-order chi connectivity index (χ1) is 8.89. The van der Waals surface area contributed by atoms with E-state index in [0.717, 1.165) is 0 Å². The summed E-state index contributed by atoms with van der Waals surface area (Å²) in [6, 6.07) is 7.55. The molecule has 1 heterocycles. The summed E-state index contributed by atoms with van der Waals surface area (Å²) >= 11 is 0. The monoisotopic (exact) mass is 267 g/mol. The first-order valence-corrected chi connectivity index (χ1v) is 5.19. The molecule has 1 aromatic carbocycles.